The van der Waals surface area contributed by atoms with Gasteiger partial charge in [-0.1, -0.05) is 11.6 Å². The van der Waals surface area contributed by atoms with Crippen molar-refractivity contribution >= 4 is 29.2 Å². The average Bonchev–Trinajstić information content (AvgIpc) is 2.20. The van der Waals surface area contributed by atoms with Crippen molar-refractivity contribution in [2.45, 2.75) is 13.3 Å². The normalized spacial score (nSPS) is 9.88. The van der Waals surface area contributed by atoms with Crippen LogP contribution in [-0.4, -0.2) is 23.5 Å². The molecule has 1 aromatic rings. The lowest BCUT2D eigenvalue weighted by atomic mass is 10.2. The molecule has 0 radical (unpaired) electrons. The Morgan fingerprint density at radius 3 is 2.31 bits per heavy atom. The van der Waals surface area contributed by atoms with Crippen molar-refractivity contribution in [2.24, 2.45) is 0 Å². The number of carboxylic acid groups (broad SMARTS) is 1. The molecule has 0 aliphatic heterocycles. The van der Waals surface area contributed by atoms with E-state index in [1.807, 2.05) is 0 Å². The van der Waals surface area contributed by atoms with Gasteiger partial charge >= 0.3 is 5.97 Å². The maximum Gasteiger partial charge on any atom is 0.305 e. The molecule has 0 spiro atoms. The van der Waals surface area contributed by atoms with Crippen LogP contribution in [0.25, 0.3) is 0 Å². The van der Waals surface area contributed by atoms with Gasteiger partial charge in [-0.2, -0.15) is 0 Å². The molecule has 0 fully saturated rings. The number of carbonyl (C=O) groups excluding carboxylic acids is 1. The molecular weight excluding hydrogens is 230 g/mol. The van der Waals surface area contributed by atoms with Crippen LogP contribution in [0.15, 0.2) is 24.3 Å². The van der Waals surface area contributed by atoms with E-state index < -0.39 is 5.97 Å². The number of nitrogens with zero attached hydrogens (tertiary/aromatic N) is 1. The zero-order valence-electron chi connectivity index (χ0n) is 8.81. The van der Waals surface area contributed by atoms with Gasteiger partial charge in [-0.15, -0.1) is 0 Å². The highest BCUT2D eigenvalue weighted by molar-refractivity contribution is 6.30. The van der Waals surface area contributed by atoms with E-state index in [0.29, 0.717) is 10.7 Å². The van der Waals surface area contributed by atoms with Gasteiger partial charge in [0.05, 0.1) is 6.42 Å². The summed E-state index contributed by atoms with van der Waals surface area (Å²) < 4.78 is 0. The van der Waals surface area contributed by atoms with Gasteiger partial charge in [-0.3, -0.25) is 9.59 Å². The van der Waals surface area contributed by atoms with Gasteiger partial charge < -0.3 is 10.0 Å². The summed E-state index contributed by atoms with van der Waals surface area (Å²) in [5.41, 5.74) is 0.651. The van der Waals surface area contributed by atoms with Gasteiger partial charge in [0, 0.05) is 24.2 Å². The number of halogens is 1. The molecule has 0 atom stereocenters. The van der Waals surface area contributed by atoms with E-state index in [1.165, 1.54) is 11.8 Å². The van der Waals surface area contributed by atoms with Crippen LogP contribution in [0.5, 0.6) is 0 Å². The van der Waals surface area contributed by atoms with Crippen LogP contribution in [0.1, 0.15) is 13.3 Å². The minimum atomic E-state index is -0.930. The predicted molar refractivity (Wildman–Crippen MR) is 61.7 cm³/mol. The smallest absolute Gasteiger partial charge is 0.305 e. The van der Waals surface area contributed by atoms with Crippen LogP contribution in [0.3, 0.4) is 0 Å². The van der Waals surface area contributed by atoms with Gasteiger partial charge in [-0.25, -0.2) is 0 Å². The lowest BCUT2D eigenvalue weighted by Gasteiger charge is -2.20. The second-order valence-corrected chi connectivity index (χ2v) is 3.73. The largest absolute Gasteiger partial charge is 0.481 e. The van der Waals surface area contributed by atoms with Gasteiger partial charge in [0.1, 0.15) is 0 Å². The number of amides is 1. The summed E-state index contributed by atoms with van der Waals surface area (Å²) in [6.07, 6.45) is -0.0811. The fraction of sp³-hybridized carbons (Fsp3) is 0.273. The number of carbonyl (C=O) groups is 2. The third-order valence-corrected chi connectivity index (χ3v) is 2.32. The van der Waals surface area contributed by atoms with E-state index in [9.17, 15) is 9.59 Å². The first kappa shape index (κ1) is 12.5. The molecule has 86 valence electrons. The van der Waals surface area contributed by atoms with Crippen molar-refractivity contribution in [1.29, 1.82) is 0 Å². The Morgan fingerprint density at radius 1 is 1.31 bits per heavy atom. The average molecular weight is 242 g/mol. The van der Waals surface area contributed by atoms with Crippen molar-refractivity contribution in [3.63, 3.8) is 0 Å². The lowest BCUT2D eigenvalue weighted by molar-refractivity contribution is -0.136. The van der Waals surface area contributed by atoms with Crippen LogP contribution in [0, 0.1) is 0 Å². The summed E-state index contributed by atoms with van der Waals surface area (Å²) in [6, 6.07) is 6.69. The summed E-state index contributed by atoms with van der Waals surface area (Å²) in [6.45, 7) is 1.56. The van der Waals surface area contributed by atoms with E-state index in [4.69, 9.17) is 16.7 Å². The first-order chi connectivity index (χ1) is 7.50. The van der Waals surface area contributed by atoms with Crippen LogP contribution < -0.4 is 4.90 Å². The topological polar surface area (TPSA) is 57.6 Å². The Labute approximate surface area is 98.4 Å². The highest BCUT2D eigenvalue weighted by Crippen LogP contribution is 2.18. The Kier molecular flexibility index (Phi) is 4.31. The molecule has 0 saturated heterocycles. The minimum absolute atomic E-state index is 0.0811. The zero-order chi connectivity index (χ0) is 12.1. The molecular formula is C11H12ClNO3. The first-order valence-corrected chi connectivity index (χ1v) is 5.14. The van der Waals surface area contributed by atoms with E-state index in [-0.39, 0.29) is 18.9 Å². The number of benzene rings is 1. The molecule has 16 heavy (non-hydrogen) atoms. The molecule has 1 amide bonds. The van der Waals surface area contributed by atoms with Gasteiger partial charge in [0.2, 0.25) is 5.91 Å². The quantitative estimate of drug-likeness (QED) is 0.879. The van der Waals surface area contributed by atoms with Crippen LogP contribution >= 0.6 is 11.6 Å². The molecule has 0 bridgehead atoms. The lowest BCUT2D eigenvalue weighted by Crippen LogP contribution is -2.30. The van der Waals surface area contributed by atoms with Crippen molar-refractivity contribution in [3.05, 3.63) is 29.3 Å². The molecule has 1 aromatic carbocycles. The third kappa shape index (κ3) is 3.55. The summed E-state index contributed by atoms with van der Waals surface area (Å²) >= 11 is 5.73. The van der Waals surface area contributed by atoms with Crippen molar-refractivity contribution < 1.29 is 14.7 Å². The molecule has 0 aliphatic carbocycles. The van der Waals surface area contributed by atoms with E-state index >= 15 is 0 Å². The number of hydrogen-bond donors (Lipinski definition) is 1. The number of carboxylic acids is 1. The first-order valence-electron chi connectivity index (χ1n) is 4.76. The van der Waals surface area contributed by atoms with E-state index in [0.717, 1.165) is 0 Å². The van der Waals surface area contributed by atoms with Crippen LogP contribution in [0.2, 0.25) is 5.02 Å². The third-order valence-electron chi connectivity index (χ3n) is 2.07. The molecule has 0 heterocycles. The number of hydrogen-bond acceptors (Lipinski definition) is 2. The molecule has 0 aromatic heterocycles. The molecule has 1 N–H and O–H groups in total. The number of anilines is 1. The summed E-state index contributed by atoms with van der Waals surface area (Å²) in [5, 5.41) is 9.15. The Morgan fingerprint density at radius 2 is 1.88 bits per heavy atom. The Balaban J connectivity index is 2.81. The van der Waals surface area contributed by atoms with Gasteiger partial charge in [0.15, 0.2) is 0 Å². The molecule has 0 aliphatic rings. The number of aliphatic carboxylic acids is 1. The maximum atomic E-state index is 11.3. The molecule has 1 rings (SSSR count). The molecule has 4 nitrogen and oxygen atoms in total. The predicted octanol–water partition coefficient (Wildman–Crippen LogP) is 2.17. The maximum absolute atomic E-state index is 11.3. The monoisotopic (exact) mass is 241 g/mol. The summed E-state index contributed by atoms with van der Waals surface area (Å²) in [5.74, 6) is -1.12. The van der Waals surface area contributed by atoms with Crippen molar-refractivity contribution in [1.82, 2.24) is 0 Å². The Bertz CT molecular complexity index is 389. The summed E-state index contributed by atoms with van der Waals surface area (Å²) in [4.78, 5) is 23.2. The minimum Gasteiger partial charge on any atom is -0.481 e. The SMILES string of the molecule is CC(=O)N(CCC(=O)O)c1ccc(Cl)cc1. The zero-order valence-corrected chi connectivity index (χ0v) is 9.57. The van der Waals surface area contributed by atoms with E-state index in [2.05, 4.69) is 0 Å². The highest BCUT2D eigenvalue weighted by Gasteiger charge is 2.12. The highest BCUT2D eigenvalue weighted by atomic mass is 35.5. The van der Waals surface area contributed by atoms with Crippen LogP contribution in [-0.2, 0) is 9.59 Å². The fourth-order valence-electron chi connectivity index (χ4n) is 1.30. The second kappa shape index (κ2) is 5.51. The van der Waals surface area contributed by atoms with Crippen molar-refractivity contribution in [2.75, 3.05) is 11.4 Å². The molecule has 5 heteroatoms. The Hall–Kier alpha value is -1.55. The van der Waals surface area contributed by atoms with E-state index in [1.54, 1.807) is 24.3 Å². The molecule has 0 saturated carbocycles. The van der Waals surface area contributed by atoms with Crippen molar-refractivity contribution in [3.8, 4) is 0 Å². The fourth-order valence-corrected chi connectivity index (χ4v) is 1.42. The number of rotatable bonds is 4. The molecule has 0 unspecified atom stereocenters. The van der Waals surface area contributed by atoms with Crippen LogP contribution in [0.4, 0.5) is 5.69 Å². The van der Waals surface area contributed by atoms with Gasteiger partial charge in [0.25, 0.3) is 0 Å². The standard InChI is InChI=1S/C11H12ClNO3/c1-8(14)13(7-6-11(15)16)10-4-2-9(12)3-5-10/h2-5H,6-7H2,1H3,(H,15,16). The second-order valence-electron chi connectivity index (χ2n) is 3.29. The van der Waals surface area contributed by atoms with Gasteiger partial charge in [-0.05, 0) is 24.3 Å². The summed E-state index contributed by atoms with van der Waals surface area (Å²) in [7, 11) is 0.